The topological polar surface area (TPSA) is 57.6 Å². The maximum absolute atomic E-state index is 12.7. The molecule has 1 aliphatic heterocycles. The van der Waals surface area contributed by atoms with Crippen LogP contribution in [0.25, 0.3) is 0 Å². The molecule has 26 heavy (non-hydrogen) atoms. The molecule has 1 N–H and O–H groups in total. The average Bonchev–Trinajstić information content (AvgIpc) is 2.65. The van der Waals surface area contributed by atoms with Crippen molar-refractivity contribution in [3.05, 3.63) is 70.8 Å². The molecule has 0 aliphatic carbocycles. The van der Waals surface area contributed by atoms with Gasteiger partial charge in [-0.2, -0.15) is 0 Å². The predicted molar refractivity (Wildman–Crippen MR) is 101 cm³/mol. The summed E-state index contributed by atoms with van der Waals surface area (Å²) < 4.78 is 0. The molecule has 0 bridgehead atoms. The van der Waals surface area contributed by atoms with Crippen molar-refractivity contribution in [1.82, 2.24) is 4.90 Å². The quantitative estimate of drug-likeness (QED) is 0.887. The molecule has 136 valence electrons. The van der Waals surface area contributed by atoms with Crippen LogP contribution in [0, 0.1) is 0 Å². The number of aliphatic carboxylic acids is 1. The molecule has 1 unspecified atom stereocenters. The van der Waals surface area contributed by atoms with E-state index in [2.05, 4.69) is 38.1 Å². The molecule has 1 heterocycles. The summed E-state index contributed by atoms with van der Waals surface area (Å²) in [5, 5.41) is 9.53. The third kappa shape index (κ3) is 3.96. The fourth-order valence-electron chi connectivity index (χ4n) is 3.49. The summed E-state index contributed by atoms with van der Waals surface area (Å²) in [7, 11) is 0. The minimum absolute atomic E-state index is 0.0127. The fourth-order valence-corrected chi connectivity index (χ4v) is 3.49. The van der Waals surface area contributed by atoms with Crippen molar-refractivity contribution in [3.63, 3.8) is 0 Å². The first-order valence-corrected chi connectivity index (χ1v) is 9.13. The lowest BCUT2D eigenvalue weighted by molar-refractivity contribution is -0.141. The molecule has 1 atom stereocenters. The highest BCUT2D eigenvalue weighted by Crippen LogP contribution is 2.29. The van der Waals surface area contributed by atoms with E-state index in [-0.39, 0.29) is 12.5 Å². The summed E-state index contributed by atoms with van der Waals surface area (Å²) in [6.07, 6.45) is 1.07. The van der Waals surface area contributed by atoms with Crippen molar-refractivity contribution < 1.29 is 14.7 Å². The molecule has 2 aromatic carbocycles. The fraction of sp³-hybridized carbons (Fsp3) is 0.364. The lowest BCUT2D eigenvalue weighted by Gasteiger charge is -2.33. The van der Waals surface area contributed by atoms with Crippen molar-refractivity contribution in [2.45, 2.75) is 45.1 Å². The van der Waals surface area contributed by atoms with Crippen LogP contribution in [0.4, 0.5) is 0 Å². The molecule has 0 fully saturated rings. The summed E-state index contributed by atoms with van der Waals surface area (Å²) in [6, 6.07) is 15.9. The van der Waals surface area contributed by atoms with Gasteiger partial charge in [-0.05, 0) is 34.6 Å². The third-order valence-electron chi connectivity index (χ3n) is 5.12. The molecule has 0 saturated heterocycles. The Morgan fingerprint density at radius 3 is 2.46 bits per heavy atom. The summed E-state index contributed by atoms with van der Waals surface area (Å²) in [5.41, 5.74) is 4.18. The number of rotatable bonds is 5. The van der Waals surface area contributed by atoms with E-state index in [0.29, 0.717) is 25.3 Å². The standard InChI is InChI=1S/C22H25NO3/c1-15(2)17-10-7-16(8-11-17)9-12-21(24)23-13-18-5-3-4-6-19(18)20(14-23)22(25)26/h3-8,10-11,15,20H,9,12-14H2,1-2H3,(H,25,26). The number of hydrogen-bond donors (Lipinski definition) is 1. The van der Waals surface area contributed by atoms with Crippen molar-refractivity contribution in [1.29, 1.82) is 0 Å². The minimum Gasteiger partial charge on any atom is -0.481 e. The van der Waals surface area contributed by atoms with Crippen molar-refractivity contribution in [2.24, 2.45) is 0 Å². The van der Waals surface area contributed by atoms with Crippen LogP contribution < -0.4 is 0 Å². The molecule has 4 nitrogen and oxygen atoms in total. The van der Waals surface area contributed by atoms with E-state index in [9.17, 15) is 14.7 Å². The van der Waals surface area contributed by atoms with Gasteiger partial charge in [-0.3, -0.25) is 9.59 Å². The summed E-state index contributed by atoms with van der Waals surface area (Å²) in [4.78, 5) is 26.0. The molecule has 4 heteroatoms. The molecule has 1 amide bonds. The van der Waals surface area contributed by atoms with Crippen LogP contribution in [0.1, 0.15) is 54.4 Å². The van der Waals surface area contributed by atoms with Crippen molar-refractivity contribution >= 4 is 11.9 Å². The Morgan fingerprint density at radius 1 is 1.12 bits per heavy atom. The first-order chi connectivity index (χ1) is 12.5. The number of carbonyl (C=O) groups is 2. The van der Waals surface area contributed by atoms with Gasteiger partial charge in [-0.25, -0.2) is 0 Å². The van der Waals surface area contributed by atoms with E-state index in [0.717, 1.165) is 16.7 Å². The molecule has 0 saturated carbocycles. The molecule has 0 spiro atoms. The van der Waals surface area contributed by atoms with Crippen molar-refractivity contribution in [2.75, 3.05) is 6.54 Å². The SMILES string of the molecule is CC(C)c1ccc(CCC(=O)N2Cc3ccccc3C(C(=O)O)C2)cc1. The van der Waals surface area contributed by atoms with Gasteiger partial charge in [0.15, 0.2) is 0 Å². The number of fused-ring (bicyclic) bond motifs is 1. The number of hydrogen-bond acceptors (Lipinski definition) is 2. The lowest BCUT2D eigenvalue weighted by Crippen LogP contribution is -2.40. The number of carboxylic acids is 1. The van der Waals surface area contributed by atoms with Gasteiger partial charge in [-0.15, -0.1) is 0 Å². The zero-order valence-electron chi connectivity index (χ0n) is 15.3. The van der Waals surface area contributed by atoms with E-state index in [1.165, 1.54) is 5.56 Å². The number of amides is 1. The second-order valence-electron chi connectivity index (χ2n) is 7.26. The zero-order valence-corrected chi connectivity index (χ0v) is 15.3. The zero-order chi connectivity index (χ0) is 18.7. The number of benzene rings is 2. The van der Waals surface area contributed by atoms with Gasteiger partial charge >= 0.3 is 5.97 Å². The van der Waals surface area contributed by atoms with Crippen LogP contribution in [0.2, 0.25) is 0 Å². The van der Waals surface area contributed by atoms with Gasteiger partial charge in [0, 0.05) is 19.5 Å². The van der Waals surface area contributed by atoms with E-state index in [4.69, 9.17) is 0 Å². The minimum atomic E-state index is -0.876. The largest absolute Gasteiger partial charge is 0.481 e. The smallest absolute Gasteiger partial charge is 0.312 e. The van der Waals surface area contributed by atoms with Gasteiger partial charge in [0.1, 0.15) is 0 Å². The first-order valence-electron chi connectivity index (χ1n) is 9.13. The lowest BCUT2D eigenvalue weighted by atomic mass is 9.89. The normalized spacial score (nSPS) is 16.4. The summed E-state index contributed by atoms with van der Waals surface area (Å²) in [5.74, 6) is -1.01. The van der Waals surface area contributed by atoms with Crippen molar-refractivity contribution in [3.8, 4) is 0 Å². The Balaban J connectivity index is 1.66. The van der Waals surface area contributed by atoms with Gasteiger partial charge in [0.05, 0.1) is 5.92 Å². The van der Waals surface area contributed by atoms with Crippen LogP contribution >= 0.6 is 0 Å². The summed E-state index contributed by atoms with van der Waals surface area (Å²) in [6.45, 7) is 5.06. The van der Waals surface area contributed by atoms with Crippen LogP contribution in [-0.2, 0) is 22.6 Å². The van der Waals surface area contributed by atoms with Gasteiger partial charge < -0.3 is 10.0 Å². The van der Waals surface area contributed by atoms with Gasteiger partial charge in [-0.1, -0.05) is 62.4 Å². The van der Waals surface area contributed by atoms with Crippen LogP contribution in [0.15, 0.2) is 48.5 Å². The average molecular weight is 351 g/mol. The van der Waals surface area contributed by atoms with E-state index >= 15 is 0 Å². The molecule has 0 aromatic heterocycles. The number of nitrogens with zero attached hydrogens (tertiary/aromatic N) is 1. The Labute approximate surface area is 154 Å². The maximum atomic E-state index is 12.7. The second kappa shape index (κ2) is 7.73. The van der Waals surface area contributed by atoms with Gasteiger partial charge in [0.25, 0.3) is 0 Å². The molecule has 3 rings (SSSR count). The number of carbonyl (C=O) groups excluding carboxylic acids is 1. The Bertz CT molecular complexity index is 795. The van der Waals surface area contributed by atoms with E-state index in [1.807, 2.05) is 24.3 Å². The molecule has 0 radical (unpaired) electrons. The van der Waals surface area contributed by atoms with Crippen LogP contribution in [0.5, 0.6) is 0 Å². The second-order valence-corrected chi connectivity index (χ2v) is 7.26. The molecule has 1 aliphatic rings. The van der Waals surface area contributed by atoms with E-state index < -0.39 is 11.9 Å². The van der Waals surface area contributed by atoms with Gasteiger partial charge in [0.2, 0.25) is 5.91 Å². The first kappa shape index (κ1) is 18.2. The monoisotopic (exact) mass is 351 g/mol. The predicted octanol–water partition coefficient (Wildman–Crippen LogP) is 3.95. The highest BCUT2D eigenvalue weighted by molar-refractivity contribution is 5.81. The number of carboxylic acid groups (broad SMARTS) is 1. The van der Waals surface area contributed by atoms with Crippen LogP contribution in [0.3, 0.4) is 0 Å². The molecule has 2 aromatic rings. The molecular weight excluding hydrogens is 326 g/mol. The number of aryl methyl sites for hydroxylation is 1. The van der Waals surface area contributed by atoms with E-state index in [1.54, 1.807) is 4.90 Å². The Morgan fingerprint density at radius 2 is 1.81 bits per heavy atom. The highest BCUT2D eigenvalue weighted by Gasteiger charge is 2.32. The Hall–Kier alpha value is -2.62. The summed E-state index contributed by atoms with van der Waals surface area (Å²) >= 11 is 0. The highest BCUT2D eigenvalue weighted by atomic mass is 16.4. The van der Waals surface area contributed by atoms with Crippen LogP contribution in [-0.4, -0.2) is 28.4 Å². The molecular formula is C22H25NO3. The maximum Gasteiger partial charge on any atom is 0.312 e. The Kier molecular flexibility index (Phi) is 5.40. The third-order valence-corrected chi connectivity index (χ3v) is 5.12.